The molecule has 3 rings (SSSR count). The van der Waals surface area contributed by atoms with Gasteiger partial charge in [-0.15, -0.1) is 0 Å². The van der Waals surface area contributed by atoms with Crippen molar-refractivity contribution in [2.75, 3.05) is 0 Å². The van der Waals surface area contributed by atoms with E-state index in [9.17, 15) is 9.59 Å². The number of hydrogen-bond acceptors (Lipinski definition) is 3. The molecule has 1 saturated carbocycles. The van der Waals surface area contributed by atoms with E-state index in [0.29, 0.717) is 11.7 Å². The molecule has 104 valence electrons. The van der Waals surface area contributed by atoms with Crippen LogP contribution in [0.25, 0.3) is 0 Å². The molecule has 1 heterocycles. The van der Waals surface area contributed by atoms with E-state index in [4.69, 9.17) is 0 Å². The summed E-state index contributed by atoms with van der Waals surface area (Å²) in [5, 5.41) is 8.82. The second-order valence-corrected chi connectivity index (χ2v) is 5.15. The van der Waals surface area contributed by atoms with Crippen LogP contribution in [0.15, 0.2) is 29.1 Å². The van der Waals surface area contributed by atoms with E-state index in [2.05, 4.69) is 39.6 Å². The van der Waals surface area contributed by atoms with Gasteiger partial charge in [0.25, 0.3) is 0 Å². The number of H-pyrrole nitrogens is 2. The number of carbonyl (C=O) groups is 1. The molecular weight excluding hydrogens is 256 g/mol. The molecule has 3 N–H and O–H groups in total. The first-order valence-corrected chi connectivity index (χ1v) is 6.62. The van der Waals surface area contributed by atoms with E-state index in [0.717, 1.165) is 6.42 Å². The number of hydrogen-bond donors (Lipinski definition) is 3. The Bertz CT molecular complexity index is 688. The first kappa shape index (κ1) is 12.7. The SMILES string of the molecule is Cc1ccccc1[C@H]1C[C@@H]1C(=O)NCc1n[nH]c(=O)[nH]1. The van der Waals surface area contributed by atoms with Crippen LogP contribution in [0.2, 0.25) is 0 Å². The van der Waals surface area contributed by atoms with Crippen molar-refractivity contribution in [2.45, 2.75) is 25.8 Å². The van der Waals surface area contributed by atoms with Crippen LogP contribution in [0.4, 0.5) is 0 Å². The summed E-state index contributed by atoms with van der Waals surface area (Å²) in [6.45, 7) is 2.31. The van der Waals surface area contributed by atoms with Crippen LogP contribution in [0.5, 0.6) is 0 Å². The van der Waals surface area contributed by atoms with E-state index in [1.165, 1.54) is 11.1 Å². The van der Waals surface area contributed by atoms with Gasteiger partial charge in [0, 0.05) is 5.92 Å². The van der Waals surface area contributed by atoms with Crippen molar-refractivity contribution >= 4 is 5.91 Å². The van der Waals surface area contributed by atoms with Gasteiger partial charge in [-0.3, -0.25) is 9.78 Å². The van der Waals surface area contributed by atoms with Crippen molar-refractivity contribution in [3.63, 3.8) is 0 Å². The lowest BCUT2D eigenvalue weighted by Gasteiger charge is -2.05. The molecule has 0 bridgehead atoms. The molecule has 1 fully saturated rings. The zero-order valence-corrected chi connectivity index (χ0v) is 11.1. The van der Waals surface area contributed by atoms with Gasteiger partial charge in [-0.25, -0.2) is 9.89 Å². The minimum absolute atomic E-state index is 0.0158. The van der Waals surface area contributed by atoms with E-state index in [1.807, 2.05) is 12.1 Å². The third kappa shape index (κ3) is 2.49. The predicted octanol–water partition coefficient (Wildman–Crippen LogP) is 0.826. The molecule has 6 nitrogen and oxygen atoms in total. The maximum atomic E-state index is 12.0. The average molecular weight is 272 g/mol. The summed E-state index contributed by atoms with van der Waals surface area (Å²) in [5.41, 5.74) is 2.11. The lowest BCUT2D eigenvalue weighted by Crippen LogP contribution is -2.25. The second kappa shape index (κ2) is 4.96. The smallest absolute Gasteiger partial charge is 0.340 e. The Morgan fingerprint density at radius 1 is 1.45 bits per heavy atom. The average Bonchev–Trinajstić information content (AvgIpc) is 3.12. The zero-order chi connectivity index (χ0) is 14.1. The maximum absolute atomic E-state index is 12.0. The van der Waals surface area contributed by atoms with Gasteiger partial charge in [0.15, 0.2) is 0 Å². The van der Waals surface area contributed by atoms with E-state index < -0.39 is 0 Å². The van der Waals surface area contributed by atoms with Gasteiger partial charge in [-0.05, 0) is 30.4 Å². The number of aromatic nitrogens is 3. The molecule has 2 aromatic rings. The highest BCUT2D eigenvalue weighted by molar-refractivity contribution is 5.82. The third-order valence-electron chi connectivity index (χ3n) is 3.70. The molecule has 1 amide bonds. The molecule has 0 spiro atoms. The van der Waals surface area contributed by atoms with Gasteiger partial charge in [0.1, 0.15) is 5.82 Å². The largest absolute Gasteiger partial charge is 0.349 e. The Hall–Kier alpha value is -2.37. The van der Waals surface area contributed by atoms with Crippen molar-refractivity contribution < 1.29 is 4.79 Å². The van der Waals surface area contributed by atoms with Crippen molar-refractivity contribution in [3.05, 3.63) is 51.7 Å². The highest BCUT2D eigenvalue weighted by atomic mass is 16.2. The number of carbonyl (C=O) groups excluding carboxylic acids is 1. The highest BCUT2D eigenvalue weighted by Gasteiger charge is 2.44. The van der Waals surface area contributed by atoms with Crippen molar-refractivity contribution in [2.24, 2.45) is 5.92 Å². The molecule has 1 aromatic carbocycles. The molecule has 1 aromatic heterocycles. The Kier molecular flexibility index (Phi) is 3.14. The van der Waals surface area contributed by atoms with Crippen molar-refractivity contribution in [1.29, 1.82) is 0 Å². The highest BCUT2D eigenvalue weighted by Crippen LogP contribution is 2.48. The monoisotopic (exact) mass is 272 g/mol. The summed E-state index contributed by atoms with van der Waals surface area (Å²) in [7, 11) is 0. The standard InChI is InChI=1S/C14H16N4O2/c1-8-4-2-3-5-9(8)10-6-11(10)13(19)15-7-12-16-14(20)18-17-12/h2-5,10-11H,6-7H2,1H3,(H,15,19)(H2,16,17,18,20)/t10-,11+/m1/s1. The number of nitrogens with one attached hydrogen (secondary N) is 3. The number of aromatic amines is 2. The molecule has 6 heteroatoms. The molecule has 0 radical (unpaired) electrons. The molecule has 0 saturated heterocycles. The van der Waals surface area contributed by atoms with E-state index in [-0.39, 0.29) is 24.1 Å². The molecule has 1 aliphatic rings. The topological polar surface area (TPSA) is 90.6 Å². The Balaban J connectivity index is 1.58. The van der Waals surface area contributed by atoms with Crippen molar-refractivity contribution in [3.8, 4) is 0 Å². The van der Waals surface area contributed by atoms with Gasteiger partial charge in [0.2, 0.25) is 5.91 Å². The summed E-state index contributed by atoms with van der Waals surface area (Å²) in [4.78, 5) is 25.4. The predicted molar refractivity (Wildman–Crippen MR) is 73.1 cm³/mol. The minimum atomic E-state index is -0.363. The van der Waals surface area contributed by atoms with Crippen LogP contribution < -0.4 is 11.0 Å². The lowest BCUT2D eigenvalue weighted by molar-refractivity contribution is -0.122. The number of nitrogens with zero attached hydrogens (tertiary/aromatic N) is 1. The Morgan fingerprint density at radius 2 is 2.25 bits per heavy atom. The fraction of sp³-hybridized carbons (Fsp3) is 0.357. The number of rotatable bonds is 4. The van der Waals surface area contributed by atoms with Crippen LogP contribution >= 0.6 is 0 Å². The molecular formula is C14H16N4O2. The first-order valence-electron chi connectivity index (χ1n) is 6.62. The molecule has 0 aliphatic heterocycles. The lowest BCUT2D eigenvalue weighted by atomic mass is 10.0. The fourth-order valence-electron chi connectivity index (χ4n) is 2.52. The van der Waals surface area contributed by atoms with Gasteiger partial charge in [-0.2, -0.15) is 5.10 Å². The van der Waals surface area contributed by atoms with Gasteiger partial charge in [-0.1, -0.05) is 24.3 Å². The summed E-state index contributed by atoms with van der Waals surface area (Å²) in [5.74, 6) is 0.801. The van der Waals surface area contributed by atoms with Gasteiger partial charge in [0.05, 0.1) is 6.54 Å². The Labute approximate surface area is 115 Å². The number of benzene rings is 1. The second-order valence-electron chi connectivity index (χ2n) is 5.15. The van der Waals surface area contributed by atoms with Crippen LogP contribution in [0.3, 0.4) is 0 Å². The molecule has 0 unspecified atom stereocenters. The normalized spacial score (nSPS) is 20.6. The molecule has 2 atom stereocenters. The number of amides is 1. The summed E-state index contributed by atoms with van der Waals surface area (Å²) < 4.78 is 0. The fourth-order valence-corrected chi connectivity index (χ4v) is 2.52. The van der Waals surface area contributed by atoms with Crippen molar-refractivity contribution in [1.82, 2.24) is 20.5 Å². The zero-order valence-electron chi connectivity index (χ0n) is 11.1. The van der Waals surface area contributed by atoms with E-state index in [1.54, 1.807) is 0 Å². The van der Waals surface area contributed by atoms with Gasteiger partial charge >= 0.3 is 5.69 Å². The maximum Gasteiger partial charge on any atom is 0.340 e. The minimum Gasteiger partial charge on any atom is -0.349 e. The summed E-state index contributed by atoms with van der Waals surface area (Å²) in [6, 6.07) is 8.16. The molecule has 1 aliphatic carbocycles. The number of aryl methyl sites for hydroxylation is 1. The van der Waals surface area contributed by atoms with E-state index >= 15 is 0 Å². The van der Waals surface area contributed by atoms with Crippen LogP contribution in [-0.2, 0) is 11.3 Å². The first-order chi connectivity index (χ1) is 9.65. The Morgan fingerprint density at radius 3 is 2.95 bits per heavy atom. The van der Waals surface area contributed by atoms with Crippen LogP contribution in [0.1, 0.15) is 29.3 Å². The van der Waals surface area contributed by atoms with Crippen LogP contribution in [0, 0.1) is 12.8 Å². The third-order valence-corrected chi connectivity index (χ3v) is 3.70. The molecule has 20 heavy (non-hydrogen) atoms. The van der Waals surface area contributed by atoms with Gasteiger partial charge < -0.3 is 5.32 Å². The summed E-state index contributed by atoms with van der Waals surface area (Å²) in [6.07, 6.45) is 0.883. The quantitative estimate of drug-likeness (QED) is 0.769. The van der Waals surface area contributed by atoms with Crippen LogP contribution in [-0.4, -0.2) is 21.1 Å². The summed E-state index contributed by atoms with van der Waals surface area (Å²) >= 11 is 0.